The van der Waals surface area contributed by atoms with Crippen LogP contribution in [0.25, 0.3) is 0 Å². The van der Waals surface area contributed by atoms with E-state index in [1.54, 1.807) is 18.3 Å². The van der Waals surface area contributed by atoms with Crippen molar-refractivity contribution >= 4 is 17.1 Å². The summed E-state index contributed by atoms with van der Waals surface area (Å²) in [5, 5.41) is 13.8. The quantitative estimate of drug-likeness (QED) is 0.773. The van der Waals surface area contributed by atoms with Crippen molar-refractivity contribution in [3.8, 4) is 0 Å². The Morgan fingerprint density at radius 1 is 1.24 bits per heavy atom. The highest BCUT2D eigenvalue weighted by Gasteiger charge is 2.26. The first-order chi connectivity index (χ1) is 12.2. The van der Waals surface area contributed by atoms with Crippen LogP contribution >= 0.6 is 11.3 Å². The van der Waals surface area contributed by atoms with Crippen LogP contribution in [0.15, 0.2) is 41.1 Å². The fraction of sp³-hybridized carbons (Fsp3) is 0.450. The highest BCUT2D eigenvalue weighted by molar-refractivity contribution is 7.07. The number of aliphatic hydroxyl groups is 1. The first kappa shape index (κ1) is 18.3. The second-order valence-electron chi connectivity index (χ2n) is 6.76. The summed E-state index contributed by atoms with van der Waals surface area (Å²) in [6, 6.07) is 10.5. The molecule has 1 aliphatic rings. The summed E-state index contributed by atoms with van der Waals surface area (Å²) in [6.45, 7) is 6.62. The van der Waals surface area contributed by atoms with Crippen LogP contribution in [0.3, 0.4) is 0 Å². The molecular formula is C20H26N2O2S. The number of carbonyl (C=O) groups excluding carboxylic acids is 1. The molecule has 2 aromatic rings. The van der Waals surface area contributed by atoms with Crippen molar-refractivity contribution in [2.24, 2.45) is 0 Å². The van der Waals surface area contributed by atoms with Gasteiger partial charge in [0.05, 0.1) is 0 Å². The average Bonchev–Trinajstić information content (AvgIpc) is 3.11. The second-order valence-corrected chi connectivity index (χ2v) is 7.54. The molecule has 0 aliphatic carbocycles. The van der Waals surface area contributed by atoms with E-state index in [9.17, 15) is 9.90 Å². The molecule has 1 aromatic heterocycles. The van der Waals surface area contributed by atoms with Gasteiger partial charge in [-0.05, 0) is 47.4 Å². The smallest absolute Gasteiger partial charge is 0.159 e. The third kappa shape index (κ3) is 4.98. The van der Waals surface area contributed by atoms with Gasteiger partial charge in [-0.25, -0.2) is 0 Å². The van der Waals surface area contributed by atoms with Crippen molar-refractivity contribution in [1.82, 2.24) is 9.80 Å². The van der Waals surface area contributed by atoms with Crippen molar-refractivity contribution < 1.29 is 9.90 Å². The largest absolute Gasteiger partial charge is 0.396 e. The van der Waals surface area contributed by atoms with Gasteiger partial charge in [-0.2, -0.15) is 11.3 Å². The van der Waals surface area contributed by atoms with Gasteiger partial charge in [0.2, 0.25) is 0 Å². The zero-order valence-corrected chi connectivity index (χ0v) is 15.5. The lowest BCUT2D eigenvalue weighted by Gasteiger charge is -2.41. The SMILES string of the molecule is CC(=O)c1cccc(CN2CCN(Cc3ccsc3)[C@@H](CCO)C2)c1. The Morgan fingerprint density at radius 2 is 2.12 bits per heavy atom. The molecular weight excluding hydrogens is 332 g/mol. The number of Topliss-reactive ketones (excluding diaryl/α,β-unsaturated/α-hetero) is 1. The maximum atomic E-state index is 11.6. The van der Waals surface area contributed by atoms with Crippen LogP contribution in [0.5, 0.6) is 0 Å². The van der Waals surface area contributed by atoms with E-state index in [-0.39, 0.29) is 12.4 Å². The van der Waals surface area contributed by atoms with Gasteiger partial charge in [-0.1, -0.05) is 18.2 Å². The van der Waals surface area contributed by atoms with E-state index in [0.29, 0.717) is 6.04 Å². The van der Waals surface area contributed by atoms with Crippen LogP contribution in [0.4, 0.5) is 0 Å². The van der Waals surface area contributed by atoms with E-state index in [1.807, 2.05) is 18.2 Å². The van der Waals surface area contributed by atoms with E-state index >= 15 is 0 Å². The van der Waals surface area contributed by atoms with Crippen molar-refractivity contribution in [1.29, 1.82) is 0 Å². The summed E-state index contributed by atoms with van der Waals surface area (Å²) in [4.78, 5) is 16.5. The third-order valence-electron chi connectivity index (χ3n) is 4.86. The van der Waals surface area contributed by atoms with Gasteiger partial charge in [-0.3, -0.25) is 14.6 Å². The van der Waals surface area contributed by atoms with Crippen LogP contribution in [0, 0.1) is 0 Å². The number of hydrogen-bond donors (Lipinski definition) is 1. The number of thiophene rings is 1. The van der Waals surface area contributed by atoms with Crippen LogP contribution in [0.2, 0.25) is 0 Å². The minimum atomic E-state index is 0.112. The number of hydrogen-bond acceptors (Lipinski definition) is 5. The molecule has 0 radical (unpaired) electrons. The number of benzene rings is 1. The second kappa shape index (κ2) is 8.72. The molecule has 25 heavy (non-hydrogen) atoms. The highest BCUT2D eigenvalue weighted by atomic mass is 32.1. The molecule has 2 heterocycles. The summed E-state index contributed by atoms with van der Waals surface area (Å²) in [5.74, 6) is 0.112. The zero-order valence-electron chi connectivity index (χ0n) is 14.7. The van der Waals surface area contributed by atoms with Gasteiger partial charge in [0.1, 0.15) is 0 Å². The Labute approximate surface area is 153 Å². The molecule has 0 spiro atoms. The molecule has 0 amide bonds. The van der Waals surface area contributed by atoms with Crippen LogP contribution in [0.1, 0.15) is 34.8 Å². The first-order valence-electron chi connectivity index (χ1n) is 8.84. The maximum absolute atomic E-state index is 11.6. The summed E-state index contributed by atoms with van der Waals surface area (Å²) in [7, 11) is 0. The molecule has 1 saturated heterocycles. The van der Waals surface area contributed by atoms with Gasteiger partial charge in [-0.15, -0.1) is 0 Å². The number of rotatable bonds is 7. The topological polar surface area (TPSA) is 43.8 Å². The normalized spacial score (nSPS) is 19.2. The van der Waals surface area contributed by atoms with E-state index in [0.717, 1.165) is 44.7 Å². The Hall–Kier alpha value is -1.53. The predicted octanol–water partition coefficient (Wildman–Crippen LogP) is 3.02. The number of ketones is 1. The van der Waals surface area contributed by atoms with Crippen LogP contribution < -0.4 is 0 Å². The Morgan fingerprint density at radius 3 is 2.84 bits per heavy atom. The van der Waals surface area contributed by atoms with Crippen molar-refractivity contribution in [2.75, 3.05) is 26.2 Å². The molecule has 1 fully saturated rings. The molecule has 0 saturated carbocycles. The van der Waals surface area contributed by atoms with E-state index in [4.69, 9.17) is 0 Å². The van der Waals surface area contributed by atoms with E-state index in [1.165, 1.54) is 11.1 Å². The zero-order chi connectivity index (χ0) is 17.6. The van der Waals surface area contributed by atoms with Gasteiger partial charge in [0, 0.05) is 50.9 Å². The molecule has 5 heteroatoms. The summed E-state index contributed by atoms with van der Waals surface area (Å²) >= 11 is 1.73. The number of piperazine rings is 1. The third-order valence-corrected chi connectivity index (χ3v) is 5.59. The highest BCUT2D eigenvalue weighted by Crippen LogP contribution is 2.20. The van der Waals surface area contributed by atoms with Gasteiger partial charge in [0.15, 0.2) is 5.78 Å². The Kier molecular flexibility index (Phi) is 6.37. The number of carbonyl (C=O) groups is 1. The van der Waals surface area contributed by atoms with Crippen molar-refractivity contribution in [2.45, 2.75) is 32.5 Å². The molecule has 1 N–H and O–H groups in total. The molecule has 0 bridgehead atoms. The Bertz CT molecular complexity index is 687. The van der Waals surface area contributed by atoms with Crippen LogP contribution in [-0.4, -0.2) is 53.0 Å². The predicted molar refractivity (Wildman–Crippen MR) is 102 cm³/mol. The fourth-order valence-corrected chi connectivity index (χ4v) is 4.16. The van der Waals surface area contributed by atoms with Crippen LogP contribution in [-0.2, 0) is 13.1 Å². The van der Waals surface area contributed by atoms with Gasteiger partial charge < -0.3 is 5.11 Å². The fourth-order valence-electron chi connectivity index (χ4n) is 3.50. The first-order valence-corrected chi connectivity index (χ1v) is 9.78. The molecule has 1 atom stereocenters. The monoisotopic (exact) mass is 358 g/mol. The standard InChI is InChI=1S/C20H26N2O2S/c1-16(24)19-4-2-3-17(11-19)12-21-7-8-22(20(14-21)5-9-23)13-18-6-10-25-15-18/h2-4,6,10-11,15,20,23H,5,7-9,12-14H2,1H3/t20-/m0/s1. The molecule has 134 valence electrons. The van der Waals surface area contributed by atoms with Gasteiger partial charge in [0.25, 0.3) is 0 Å². The van der Waals surface area contributed by atoms with Gasteiger partial charge >= 0.3 is 0 Å². The maximum Gasteiger partial charge on any atom is 0.159 e. The summed E-state index contributed by atoms with van der Waals surface area (Å²) in [5.41, 5.74) is 3.32. The molecule has 1 aliphatic heterocycles. The summed E-state index contributed by atoms with van der Waals surface area (Å²) < 4.78 is 0. The molecule has 1 aromatic carbocycles. The molecule has 4 nitrogen and oxygen atoms in total. The van der Waals surface area contributed by atoms with E-state index < -0.39 is 0 Å². The lowest BCUT2D eigenvalue weighted by molar-refractivity contribution is 0.0500. The van der Waals surface area contributed by atoms with Crippen molar-refractivity contribution in [3.05, 3.63) is 57.8 Å². The minimum Gasteiger partial charge on any atom is -0.396 e. The lowest BCUT2D eigenvalue weighted by atomic mass is 10.0. The number of nitrogens with zero attached hydrogens (tertiary/aromatic N) is 2. The molecule has 0 unspecified atom stereocenters. The summed E-state index contributed by atoms with van der Waals surface area (Å²) in [6.07, 6.45) is 0.800. The average molecular weight is 359 g/mol. The van der Waals surface area contributed by atoms with Crippen molar-refractivity contribution in [3.63, 3.8) is 0 Å². The minimum absolute atomic E-state index is 0.112. The Balaban J connectivity index is 1.63. The van der Waals surface area contributed by atoms with E-state index in [2.05, 4.69) is 32.7 Å². The lowest BCUT2D eigenvalue weighted by Crippen LogP contribution is -2.52. The number of aliphatic hydroxyl groups excluding tert-OH is 1. The molecule has 3 rings (SSSR count).